The molecule has 1 aliphatic heterocycles. The maximum atomic E-state index is 13.7. The highest BCUT2D eigenvalue weighted by atomic mass is 16.3. The summed E-state index contributed by atoms with van der Waals surface area (Å²) in [6, 6.07) is 13.8. The first kappa shape index (κ1) is 19.9. The summed E-state index contributed by atoms with van der Waals surface area (Å²) in [5.74, 6) is 0.588. The van der Waals surface area contributed by atoms with E-state index in [0.29, 0.717) is 24.4 Å². The van der Waals surface area contributed by atoms with Crippen LogP contribution in [0, 0.1) is 6.92 Å². The maximum absolute atomic E-state index is 13.7. The fourth-order valence-electron chi connectivity index (χ4n) is 5.06. The van der Waals surface area contributed by atoms with Crippen molar-refractivity contribution in [3.63, 3.8) is 0 Å². The monoisotopic (exact) mass is 419 g/mol. The highest BCUT2D eigenvalue weighted by Gasteiger charge is 2.48. The molecular weight excluding hydrogens is 390 g/mol. The summed E-state index contributed by atoms with van der Waals surface area (Å²) >= 11 is 0. The lowest BCUT2D eigenvalue weighted by atomic mass is 9.91. The predicted octanol–water partition coefficient (Wildman–Crippen LogP) is 4.41. The average Bonchev–Trinajstić information content (AvgIpc) is 3.29. The van der Waals surface area contributed by atoms with Gasteiger partial charge in [0.2, 0.25) is 5.91 Å². The zero-order valence-corrected chi connectivity index (χ0v) is 18.2. The van der Waals surface area contributed by atoms with E-state index in [9.17, 15) is 9.59 Å². The highest BCUT2D eigenvalue weighted by molar-refractivity contribution is 6.03. The average molecular weight is 420 g/mol. The molecule has 0 bridgehead atoms. The Balaban J connectivity index is 1.54. The van der Waals surface area contributed by atoms with Gasteiger partial charge in [0.1, 0.15) is 17.0 Å². The molecule has 1 N–H and O–H groups in total. The van der Waals surface area contributed by atoms with Gasteiger partial charge < -0.3 is 19.2 Å². The Bertz CT molecular complexity index is 1120. The second-order valence-corrected chi connectivity index (χ2v) is 9.18. The van der Waals surface area contributed by atoms with Gasteiger partial charge in [-0.2, -0.15) is 0 Å². The van der Waals surface area contributed by atoms with Crippen molar-refractivity contribution in [2.24, 2.45) is 0 Å². The molecule has 1 aromatic carbocycles. The van der Waals surface area contributed by atoms with Crippen molar-refractivity contribution in [2.75, 3.05) is 0 Å². The molecule has 1 aliphatic carbocycles. The van der Waals surface area contributed by atoms with E-state index < -0.39 is 5.54 Å². The first-order valence-corrected chi connectivity index (χ1v) is 11.2. The number of benzene rings is 1. The second kappa shape index (κ2) is 7.59. The van der Waals surface area contributed by atoms with Gasteiger partial charge >= 0.3 is 0 Å². The Morgan fingerprint density at radius 3 is 2.65 bits per heavy atom. The van der Waals surface area contributed by atoms with Crippen molar-refractivity contribution in [1.29, 1.82) is 0 Å². The van der Waals surface area contributed by atoms with Crippen molar-refractivity contribution in [2.45, 2.75) is 70.6 Å². The SMILES string of the molecule is Cc1cc2c(cc3n2CC(C)(C(=O)NC2CCCCC2)N(Cc2ccccc2)C3=O)o1. The van der Waals surface area contributed by atoms with E-state index in [0.717, 1.165) is 42.5 Å². The van der Waals surface area contributed by atoms with Gasteiger partial charge in [-0.15, -0.1) is 0 Å². The lowest BCUT2D eigenvalue weighted by molar-refractivity contribution is -0.134. The fraction of sp³-hybridized carbons (Fsp3) is 0.440. The Morgan fingerprint density at radius 1 is 1.16 bits per heavy atom. The number of furan rings is 1. The first-order valence-electron chi connectivity index (χ1n) is 11.2. The number of carbonyl (C=O) groups excluding carboxylic acids is 2. The summed E-state index contributed by atoms with van der Waals surface area (Å²) in [5, 5.41) is 3.27. The standard InChI is InChI=1S/C25H29N3O3/c1-17-13-20-22(31-17)14-21-23(29)28(15-18-9-5-3-6-10-18)25(2,16-27(20)21)24(30)26-19-11-7-4-8-12-19/h3,5-6,9-10,13-14,19H,4,7-8,11-12,15-16H2,1-2H3,(H,26,30). The van der Waals surface area contributed by atoms with Crippen LogP contribution >= 0.6 is 0 Å². The number of amides is 2. The number of aromatic nitrogens is 1. The smallest absolute Gasteiger partial charge is 0.271 e. The molecule has 2 aliphatic rings. The van der Waals surface area contributed by atoms with Crippen LogP contribution in [0.25, 0.3) is 11.1 Å². The number of rotatable bonds is 4. The van der Waals surface area contributed by atoms with Crippen LogP contribution in [0.15, 0.2) is 46.9 Å². The van der Waals surface area contributed by atoms with Crippen LogP contribution in [0.4, 0.5) is 0 Å². The largest absolute Gasteiger partial charge is 0.460 e. The minimum absolute atomic E-state index is 0.0728. The summed E-state index contributed by atoms with van der Waals surface area (Å²) in [4.78, 5) is 29.1. The molecule has 31 heavy (non-hydrogen) atoms. The number of nitrogens with zero attached hydrogens (tertiary/aromatic N) is 2. The highest BCUT2D eigenvalue weighted by Crippen LogP contribution is 2.35. The summed E-state index contributed by atoms with van der Waals surface area (Å²) in [6.07, 6.45) is 5.53. The number of carbonyl (C=O) groups is 2. The molecule has 3 heterocycles. The molecule has 162 valence electrons. The quantitative estimate of drug-likeness (QED) is 0.681. The number of fused-ring (bicyclic) bond motifs is 3. The number of aryl methyl sites for hydroxylation is 1. The fourth-order valence-corrected chi connectivity index (χ4v) is 5.06. The summed E-state index contributed by atoms with van der Waals surface area (Å²) in [6.45, 7) is 4.59. The third kappa shape index (κ3) is 3.44. The van der Waals surface area contributed by atoms with Gasteiger partial charge in [0, 0.05) is 24.7 Å². The predicted molar refractivity (Wildman–Crippen MR) is 119 cm³/mol. The molecule has 3 aromatic rings. The summed E-state index contributed by atoms with van der Waals surface area (Å²) in [5.41, 5.74) is 2.16. The minimum Gasteiger partial charge on any atom is -0.460 e. The van der Waals surface area contributed by atoms with Gasteiger partial charge in [0.05, 0.1) is 12.1 Å². The van der Waals surface area contributed by atoms with Crippen LogP contribution in [0.5, 0.6) is 0 Å². The van der Waals surface area contributed by atoms with Crippen molar-refractivity contribution < 1.29 is 14.0 Å². The molecule has 1 atom stereocenters. The zero-order valence-electron chi connectivity index (χ0n) is 18.2. The molecule has 5 rings (SSSR count). The third-order valence-electron chi connectivity index (χ3n) is 6.85. The molecular formula is C25H29N3O3. The van der Waals surface area contributed by atoms with Gasteiger partial charge in [-0.3, -0.25) is 9.59 Å². The molecule has 1 unspecified atom stereocenters. The van der Waals surface area contributed by atoms with Gasteiger partial charge in [-0.25, -0.2) is 0 Å². The van der Waals surface area contributed by atoms with E-state index in [1.54, 1.807) is 11.0 Å². The Labute approximate surface area is 182 Å². The lowest BCUT2D eigenvalue weighted by Crippen LogP contribution is -2.64. The van der Waals surface area contributed by atoms with Crippen LogP contribution < -0.4 is 5.32 Å². The van der Waals surface area contributed by atoms with E-state index in [1.807, 2.05) is 54.8 Å². The topological polar surface area (TPSA) is 67.5 Å². The third-order valence-corrected chi connectivity index (χ3v) is 6.85. The van der Waals surface area contributed by atoms with E-state index >= 15 is 0 Å². The number of hydrogen-bond donors (Lipinski definition) is 1. The first-order chi connectivity index (χ1) is 15.0. The summed E-state index contributed by atoms with van der Waals surface area (Å²) < 4.78 is 7.74. The minimum atomic E-state index is -0.992. The van der Waals surface area contributed by atoms with E-state index in [2.05, 4.69) is 5.32 Å². The van der Waals surface area contributed by atoms with Crippen LogP contribution in [-0.4, -0.2) is 32.9 Å². The molecule has 1 saturated carbocycles. The molecule has 2 amide bonds. The molecule has 1 fully saturated rings. The normalized spacial score (nSPS) is 22.0. The maximum Gasteiger partial charge on any atom is 0.271 e. The van der Waals surface area contributed by atoms with E-state index in [-0.39, 0.29) is 17.9 Å². The molecule has 6 nitrogen and oxygen atoms in total. The van der Waals surface area contributed by atoms with Gasteiger partial charge in [-0.1, -0.05) is 49.6 Å². The van der Waals surface area contributed by atoms with Crippen molar-refractivity contribution in [3.8, 4) is 0 Å². The molecule has 0 saturated heterocycles. The Morgan fingerprint density at radius 2 is 1.90 bits per heavy atom. The Hall–Kier alpha value is -3.02. The van der Waals surface area contributed by atoms with Crippen LogP contribution in [-0.2, 0) is 17.9 Å². The lowest BCUT2D eigenvalue weighted by Gasteiger charge is -2.44. The summed E-state index contributed by atoms with van der Waals surface area (Å²) in [7, 11) is 0. The van der Waals surface area contributed by atoms with Crippen molar-refractivity contribution in [1.82, 2.24) is 14.8 Å². The van der Waals surface area contributed by atoms with Gasteiger partial charge in [0.15, 0.2) is 5.58 Å². The number of hydrogen-bond acceptors (Lipinski definition) is 3. The second-order valence-electron chi connectivity index (χ2n) is 9.18. The van der Waals surface area contributed by atoms with Gasteiger partial charge in [-0.05, 0) is 32.3 Å². The number of nitrogens with one attached hydrogen (secondary N) is 1. The molecule has 2 aromatic heterocycles. The molecule has 0 radical (unpaired) electrons. The van der Waals surface area contributed by atoms with E-state index in [4.69, 9.17) is 4.42 Å². The van der Waals surface area contributed by atoms with Crippen molar-refractivity contribution in [3.05, 3.63) is 59.5 Å². The van der Waals surface area contributed by atoms with Crippen LogP contribution in [0.3, 0.4) is 0 Å². The Kier molecular flexibility index (Phi) is 4.88. The van der Waals surface area contributed by atoms with Gasteiger partial charge in [0.25, 0.3) is 5.91 Å². The van der Waals surface area contributed by atoms with Crippen LogP contribution in [0.2, 0.25) is 0 Å². The van der Waals surface area contributed by atoms with E-state index in [1.165, 1.54) is 6.42 Å². The molecule has 0 spiro atoms. The zero-order chi connectivity index (χ0) is 21.6. The van der Waals surface area contributed by atoms with Crippen LogP contribution in [0.1, 0.15) is 60.8 Å². The molecule has 6 heteroatoms. The van der Waals surface area contributed by atoms with Crippen molar-refractivity contribution >= 4 is 22.9 Å².